The molecular weight excluding hydrogens is 351 g/mol. The summed E-state index contributed by atoms with van der Waals surface area (Å²) in [4.78, 5) is 29.9. The van der Waals surface area contributed by atoms with E-state index in [1.807, 2.05) is 0 Å². The maximum atomic E-state index is 10.7. The Labute approximate surface area is 146 Å². The van der Waals surface area contributed by atoms with Crippen molar-refractivity contribution >= 4 is 17.8 Å². The number of hydrogen-bond donors (Lipinski definition) is 5. The molecule has 8 nitrogen and oxygen atoms in total. The van der Waals surface area contributed by atoms with Gasteiger partial charge in [0.05, 0.1) is 6.10 Å². The Morgan fingerprint density at radius 2 is 1.39 bits per heavy atom. The molecule has 1 amide bonds. The van der Waals surface area contributed by atoms with Crippen LogP contribution < -0.4 is 11.1 Å². The second-order valence-corrected chi connectivity index (χ2v) is 4.55. The fraction of sp³-hybridized carbons (Fsp3) is 0.500. The van der Waals surface area contributed by atoms with Gasteiger partial charge in [0.1, 0.15) is 6.04 Å². The molecule has 2 unspecified atom stereocenters. The first-order valence-corrected chi connectivity index (χ1v) is 6.31. The number of amides is 1. The summed E-state index contributed by atoms with van der Waals surface area (Å²) in [7, 11) is 0. The van der Waals surface area contributed by atoms with E-state index < -0.39 is 24.1 Å². The van der Waals surface area contributed by atoms with Crippen LogP contribution in [0.2, 0.25) is 0 Å². The number of carboxylic acid groups (broad SMARTS) is 2. The SMILES string of the molecule is C=C(C)C(=O)NCC(C)O.C=C(C)C(=O)O.CC(N)C(=O)O.[Ni]. The van der Waals surface area contributed by atoms with Gasteiger partial charge in [-0.2, -0.15) is 0 Å². The van der Waals surface area contributed by atoms with E-state index in [4.69, 9.17) is 21.1 Å². The number of rotatable bonds is 5. The fourth-order valence-electron chi connectivity index (χ4n) is 0.391. The van der Waals surface area contributed by atoms with Crippen molar-refractivity contribution in [2.24, 2.45) is 5.73 Å². The molecule has 0 heterocycles. The third-order valence-corrected chi connectivity index (χ3v) is 1.70. The van der Waals surface area contributed by atoms with Crippen molar-refractivity contribution in [2.45, 2.75) is 39.8 Å². The molecule has 9 heteroatoms. The number of hydrogen-bond acceptors (Lipinski definition) is 5. The third-order valence-electron chi connectivity index (χ3n) is 1.70. The van der Waals surface area contributed by atoms with Crippen molar-refractivity contribution in [3.05, 3.63) is 24.3 Å². The summed E-state index contributed by atoms with van der Waals surface area (Å²) in [6.07, 6.45) is -0.497. The maximum absolute atomic E-state index is 10.7. The van der Waals surface area contributed by atoms with Crippen LogP contribution in [0.25, 0.3) is 0 Å². The largest absolute Gasteiger partial charge is 0.480 e. The minimum atomic E-state index is -0.963. The molecule has 0 fully saturated rings. The first-order chi connectivity index (χ1) is 9.82. The molecule has 0 aromatic heterocycles. The van der Waals surface area contributed by atoms with Gasteiger partial charge >= 0.3 is 11.9 Å². The predicted molar refractivity (Wildman–Crippen MR) is 83.2 cm³/mol. The van der Waals surface area contributed by atoms with Gasteiger partial charge in [0.2, 0.25) is 5.91 Å². The molecule has 23 heavy (non-hydrogen) atoms. The molecule has 0 aliphatic carbocycles. The average Bonchev–Trinajstić information content (AvgIpc) is 2.36. The minimum Gasteiger partial charge on any atom is -0.480 e. The summed E-state index contributed by atoms with van der Waals surface area (Å²) in [6.45, 7) is 13.0. The van der Waals surface area contributed by atoms with Crippen LogP contribution in [-0.2, 0) is 30.9 Å². The summed E-state index contributed by atoms with van der Waals surface area (Å²) < 4.78 is 0. The Hall–Kier alpha value is -1.70. The molecule has 138 valence electrons. The van der Waals surface area contributed by atoms with Gasteiger partial charge in [0.15, 0.2) is 0 Å². The maximum Gasteiger partial charge on any atom is 0.330 e. The van der Waals surface area contributed by atoms with Gasteiger partial charge in [0.25, 0.3) is 0 Å². The van der Waals surface area contributed by atoms with E-state index in [0.717, 1.165) is 0 Å². The fourth-order valence-corrected chi connectivity index (χ4v) is 0.391. The zero-order valence-corrected chi connectivity index (χ0v) is 14.7. The van der Waals surface area contributed by atoms with Gasteiger partial charge in [-0.15, -0.1) is 0 Å². The number of nitrogens with two attached hydrogens (primary N) is 1. The van der Waals surface area contributed by atoms with Crippen molar-refractivity contribution < 1.29 is 46.2 Å². The number of carbonyl (C=O) groups excluding carboxylic acids is 1. The molecule has 0 saturated heterocycles. The summed E-state index contributed by atoms with van der Waals surface area (Å²) in [6, 6.07) is -0.731. The number of aliphatic hydroxyl groups is 1. The van der Waals surface area contributed by atoms with Gasteiger partial charge < -0.3 is 26.4 Å². The summed E-state index contributed by atoms with van der Waals surface area (Å²) in [5.41, 5.74) is 5.47. The summed E-state index contributed by atoms with van der Waals surface area (Å²) in [5.74, 6) is -2.11. The summed E-state index contributed by atoms with van der Waals surface area (Å²) >= 11 is 0. The van der Waals surface area contributed by atoms with Crippen LogP contribution in [0.5, 0.6) is 0 Å². The molecule has 2 atom stereocenters. The van der Waals surface area contributed by atoms with E-state index in [-0.39, 0.29) is 34.5 Å². The van der Waals surface area contributed by atoms with E-state index in [2.05, 4.69) is 18.5 Å². The van der Waals surface area contributed by atoms with Crippen LogP contribution in [0.1, 0.15) is 27.7 Å². The standard InChI is InChI=1S/C7H13NO2.C4H6O2.C3H7NO2.Ni/c1-5(2)7(10)8-4-6(3)9;1-3(2)4(5)6;1-2(4)3(5)6;/h6,9H,1,4H2,2-3H3,(H,8,10);1H2,2H3,(H,5,6);2H,4H2,1H3,(H,5,6);. The van der Waals surface area contributed by atoms with Crippen molar-refractivity contribution in [1.29, 1.82) is 0 Å². The third kappa shape index (κ3) is 29.0. The van der Waals surface area contributed by atoms with E-state index in [0.29, 0.717) is 5.57 Å². The molecule has 0 radical (unpaired) electrons. The molecular formula is C14H26N2NiO6. The zero-order chi connectivity index (χ0) is 18.5. The molecule has 0 bridgehead atoms. The van der Waals surface area contributed by atoms with Crippen LogP contribution in [-0.4, -0.2) is 51.9 Å². The number of carbonyl (C=O) groups is 3. The van der Waals surface area contributed by atoms with Crippen molar-refractivity contribution in [3.8, 4) is 0 Å². The topological polar surface area (TPSA) is 150 Å². The summed E-state index contributed by atoms with van der Waals surface area (Å²) in [5, 5.41) is 27.0. The molecule has 0 aromatic rings. The van der Waals surface area contributed by atoms with Gasteiger partial charge in [-0.3, -0.25) is 9.59 Å². The first kappa shape index (κ1) is 29.3. The number of aliphatic carboxylic acids is 2. The van der Waals surface area contributed by atoms with Crippen molar-refractivity contribution in [2.75, 3.05) is 6.54 Å². The quantitative estimate of drug-likeness (QED) is 0.337. The smallest absolute Gasteiger partial charge is 0.330 e. The first-order valence-electron chi connectivity index (χ1n) is 6.31. The molecule has 0 aromatic carbocycles. The van der Waals surface area contributed by atoms with E-state index >= 15 is 0 Å². The number of carboxylic acids is 2. The van der Waals surface area contributed by atoms with Crippen LogP contribution in [0.3, 0.4) is 0 Å². The predicted octanol–water partition coefficient (Wildman–Crippen LogP) is 0.122. The number of nitrogens with one attached hydrogen (secondary N) is 1. The molecule has 0 spiro atoms. The molecule has 0 aliphatic rings. The van der Waals surface area contributed by atoms with Crippen LogP contribution in [0, 0.1) is 0 Å². The van der Waals surface area contributed by atoms with Crippen molar-refractivity contribution in [3.63, 3.8) is 0 Å². The Morgan fingerprint density at radius 3 is 1.52 bits per heavy atom. The number of aliphatic hydroxyl groups excluding tert-OH is 1. The van der Waals surface area contributed by atoms with Gasteiger partial charge in [0, 0.05) is 34.2 Å². The monoisotopic (exact) mass is 376 g/mol. The molecule has 0 saturated carbocycles. The Bertz CT molecular complexity index is 396. The Balaban J connectivity index is -0.000000122. The molecule has 0 aliphatic heterocycles. The van der Waals surface area contributed by atoms with Gasteiger partial charge in [-0.05, 0) is 27.7 Å². The van der Waals surface area contributed by atoms with E-state index in [1.165, 1.54) is 13.8 Å². The zero-order valence-electron chi connectivity index (χ0n) is 13.7. The second kappa shape index (κ2) is 16.7. The van der Waals surface area contributed by atoms with Crippen LogP contribution >= 0.6 is 0 Å². The van der Waals surface area contributed by atoms with Crippen LogP contribution in [0.15, 0.2) is 24.3 Å². The van der Waals surface area contributed by atoms with Gasteiger partial charge in [-0.25, -0.2) is 4.79 Å². The average molecular weight is 377 g/mol. The molecule has 6 N–H and O–H groups in total. The van der Waals surface area contributed by atoms with E-state index in [9.17, 15) is 14.4 Å². The second-order valence-electron chi connectivity index (χ2n) is 4.55. The van der Waals surface area contributed by atoms with Crippen molar-refractivity contribution in [1.82, 2.24) is 5.32 Å². The van der Waals surface area contributed by atoms with Crippen LogP contribution in [0.4, 0.5) is 0 Å². The minimum absolute atomic E-state index is 0. The van der Waals surface area contributed by atoms with E-state index in [1.54, 1.807) is 13.8 Å². The van der Waals surface area contributed by atoms with Gasteiger partial charge in [-0.1, -0.05) is 13.2 Å². The Morgan fingerprint density at radius 1 is 1.09 bits per heavy atom. The normalized spacial score (nSPS) is 10.9. The Kier molecular flexibility index (Phi) is 21.3. The molecule has 0 rings (SSSR count).